The second kappa shape index (κ2) is 6.22. The monoisotopic (exact) mass is 396 g/mol. The molecule has 1 saturated carbocycles. The van der Waals surface area contributed by atoms with Gasteiger partial charge in [-0.2, -0.15) is 0 Å². The van der Waals surface area contributed by atoms with E-state index in [0.29, 0.717) is 34.3 Å². The molecule has 5 nitrogen and oxygen atoms in total. The molecule has 148 valence electrons. The van der Waals surface area contributed by atoms with E-state index in [2.05, 4.69) is 5.32 Å². The van der Waals surface area contributed by atoms with Crippen molar-refractivity contribution in [2.45, 2.75) is 38.5 Å². The summed E-state index contributed by atoms with van der Waals surface area (Å²) in [7, 11) is 0. The van der Waals surface area contributed by atoms with Crippen molar-refractivity contribution in [3.05, 3.63) is 74.5 Å². The van der Waals surface area contributed by atoms with Gasteiger partial charge in [-0.05, 0) is 53.3 Å². The zero-order valence-electron chi connectivity index (χ0n) is 15.6. The summed E-state index contributed by atoms with van der Waals surface area (Å²) >= 11 is 0. The Hall–Kier alpha value is -3.06. The van der Waals surface area contributed by atoms with Crippen LogP contribution in [-0.4, -0.2) is 21.6 Å². The molecule has 0 radical (unpaired) electrons. The van der Waals surface area contributed by atoms with Crippen LogP contribution >= 0.6 is 0 Å². The number of aromatic carboxylic acids is 1. The number of carboxylic acids is 1. The number of carboxylic acid groups (broad SMARTS) is 1. The number of fused-ring (bicyclic) bond motifs is 2. The maximum atomic E-state index is 15.2. The van der Waals surface area contributed by atoms with Crippen LogP contribution in [0.15, 0.2) is 35.3 Å². The van der Waals surface area contributed by atoms with Crippen molar-refractivity contribution in [2.75, 3.05) is 0 Å². The van der Waals surface area contributed by atoms with Gasteiger partial charge in [0.15, 0.2) is 0 Å². The molecule has 3 aromatic rings. The van der Waals surface area contributed by atoms with E-state index >= 15 is 4.39 Å². The van der Waals surface area contributed by atoms with Crippen molar-refractivity contribution < 1.29 is 18.7 Å². The fraction of sp³-hybridized carbons (Fsp3) is 0.273. The summed E-state index contributed by atoms with van der Waals surface area (Å²) in [4.78, 5) is 24.2. The van der Waals surface area contributed by atoms with E-state index in [1.54, 1.807) is 6.92 Å². The van der Waals surface area contributed by atoms with Gasteiger partial charge in [0.2, 0.25) is 0 Å². The van der Waals surface area contributed by atoms with Gasteiger partial charge in [0.05, 0.1) is 5.52 Å². The Bertz CT molecular complexity index is 1270. The van der Waals surface area contributed by atoms with Gasteiger partial charge in [-0.3, -0.25) is 9.20 Å². The van der Waals surface area contributed by atoms with Gasteiger partial charge < -0.3 is 10.4 Å². The van der Waals surface area contributed by atoms with Crippen LogP contribution < -0.4 is 10.9 Å². The van der Waals surface area contributed by atoms with Crippen molar-refractivity contribution in [1.82, 2.24) is 9.72 Å². The molecule has 5 rings (SSSR count). The zero-order valence-corrected chi connectivity index (χ0v) is 15.6. The molecule has 2 N–H and O–H groups in total. The lowest BCUT2D eigenvalue weighted by Gasteiger charge is -2.17. The number of halogens is 2. The van der Waals surface area contributed by atoms with Gasteiger partial charge in [0.25, 0.3) is 5.56 Å². The average Bonchev–Trinajstić information content (AvgIpc) is 3.21. The summed E-state index contributed by atoms with van der Waals surface area (Å²) in [6, 6.07) is 6.97. The maximum Gasteiger partial charge on any atom is 0.341 e. The lowest BCUT2D eigenvalue weighted by Crippen LogP contribution is -2.24. The van der Waals surface area contributed by atoms with E-state index in [9.17, 15) is 19.1 Å². The standard InChI is InChI=1S/C22H18F2N2O3/c1-10-19(11-2-3-12-7-25-8-13(12)4-11)18(24)9-26-20(10)15(14-6-17(14)23)5-16(21(26)27)22(28)29/h2-5,9,14,17,25H,6-8H2,1H3,(H,28,29). The average molecular weight is 396 g/mol. The van der Waals surface area contributed by atoms with Crippen LogP contribution in [0.5, 0.6) is 0 Å². The van der Waals surface area contributed by atoms with Crippen molar-refractivity contribution in [2.24, 2.45) is 0 Å². The normalized spacial score (nSPS) is 20.1. The first-order valence-corrected chi connectivity index (χ1v) is 9.45. The van der Waals surface area contributed by atoms with Crippen LogP contribution in [0.25, 0.3) is 16.6 Å². The molecular formula is C22H18F2N2O3. The molecule has 1 fully saturated rings. The molecule has 1 aliphatic heterocycles. The first kappa shape index (κ1) is 18.0. The van der Waals surface area contributed by atoms with Gasteiger partial charge in [-0.1, -0.05) is 12.1 Å². The van der Waals surface area contributed by atoms with Crippen LogP contribution in [0.3, 0.4) is 0 Å². The summed E-state index contributed by atoms with van der Waals surface area (Å²) in [6.45, 7) is 3.17. The number of alkyl halides is 1. The second-order valence-electron chi connectivity index (χ2n) is 7.76. The van der Waals surface area contributed by atoms with Gasteiger partial charge in [0, 0.05) is 30.8 Å². The quantitative estimate of drug-likeness (QED) is 0.711. The Morgan fingerprint density at radius 1 is 1.24 bits per heavy atom. The Morgan fingerprint density at radius 3 is 2.66 bits per heavy atom. The van der Waals surface area contributed by atoms with E-state index in [0.717, 1.165) is 28.3 Å². The van der Waals surface area contributed by atoms with Crippen molar-refractivity contribution in [3.8, 4) is 11.1 Å². The number of nitrogens with one attached hydrogen (secondary N) is 1. The molecule has 0 bridgehead atoms. The molecule has 29 heavy (non-hydrogen) atoms. The van der Waals surface area contributed by atoms with Gasteiger partial charge in [-0.15, -0.1) is 0 Å². The summed E-state index contributed by atoms with van der Waals surface area (Å²) in [5.41, 5.74) is 3.30. The number of pyridine rings is 2. The third kappa shape index (κ3) is 2.68. The number of hydrogen-bond acceptors (Lipinski definition) is 3. The molecule has 7 heteroatoms. The zero-order chi connectivity index (χ0) is 20.4. The SMILES string of the molecule is Cc1c(-c2ccc3c(c2)CNC3)c(F)cn2c(=O)c(C(=O)O)cc(C3CC3F)c12. The van der Waals surface area contributed by atoms with Gasteiger partial charge in [0.1, 0.15) is 17.6 Å². The summed E-state index contributed by atoms with van der Waals surface area (Å²) < 4.78 is 30.1. The summed E-state index contributed by atoms with van der Waals surface area (Å²) in [5, 5.41) is 12.6. The molecule has 0 spiro atoms. The highest BCUT2D eigenvalue weighted by Crippen LogP contribution is 2.46. The lowest BCUT2D eigenvalue weighted by molar-refractivity contribution is 0.0694. The first-order valence-electron chi connectivity index (χ1n) is 9.45. The first-order chi connectivity index (χ1) is 13.9. The highest BCUT2D eigenvalue weighted by atomic mass is 19.1. The molecular weight excluding hydrogens is 378 g/mol. The predicted octanol–water partition coefficient (Wildman–Crippen LogP) is 3.54. The lowest BCUT2D eigenvalue weighted by atomic mass is 9.94. The molecule has 1 aliphatic carbocycles. The van der Waals surface area contributed by atoms with E-state index in [-0.39, 0.29) is 6.42 Å². The highest BCUT2D eigenvalue weighted by molar-refractivity contribution is 5.89. The smallest absolute Gasteiger partial charge is 0.341 e. The number of carbonyl (C=O) groups is 1. The highest BCUT2D eigenvalue weighted by Gasteiger charge is 2.41. The number of hydrogen-bond donors (Lipinski definition) is 2. The summed E-state index contributed by atoms with van der Waals surface area (Å²) in [5.74, 6) is -2.51. The third-order valence-corrected chi connectivity index (χ3v) is 5.94. The Kier molecular flexibility index (Phi) is 3.86. The molecule has 0 amide bonds. The molecule has 3 heterocycles. The number of nitrogens with zero attached hydrogens (tertiary/aromatic N) is 1. The third-order valence-electron chi connectivity index (χ3n) is 5.94. The second-order valence-corrected chi connectivity index (χ2v) is 7.76. The number of benzene rings is 1. The molecule has 2 aromatic heterocycles. The Balaban J connectivity index is 1.83. The Labute approximate surface area is 164 Å². The minimum Gasteiger partial charge on any atom is -0.477 e. The number of aromatic nitrogens is 1. The van der Waals surface area contributed by atoms with Crippen LogP contribution in [0.2, 0.25) is 0 Å². The van der Waals surface area contributed by atoms with Crippen molar-refractivity contribution in [3.63, 3.8) is 0 Å². The minimum atomic E-state index is -1.41. The molecule has 2 atom stereocenters. The van der Waals surface area contributed by atoms with Crippen LogP contribution in [0, 0.1) is 12.7 Å². The number of rotatable bonds is 3. The van der Waals surface area contributed by atoms with Crippen LogP contribution in [-0.2, 0) is 13.1 Å². The maximum absolute atomic E-state index is 15.2. The molecule has 2 aliphatic rings. The van der Waals surface area contributed by atoms with E-state index in [4.69, 9.17) is 0 Å². The van der Waals surface area contributed by atoms with Crippen LogP contribution in [0.4, 0.5) is 8.78 Å². The van der Waals surface area contributed by atoms with Crippen molar-refractivity contribution >= 4 is 11.5 Å². The predicted molar refractivity (Wildman–Crippen MR) is 104 cm³/mol. The van der Waals surface area contributed by atoms with Gasteiger partial charge >= 0.3 is 5.97 Å². The molecule has 0 saturated heterocycles. The fourth-order valence-electron chi connectivity index (χ4n) is 4.38. The molecule has 2 unspecified atom stereocenters. The van der Waals surface area contributed by atoms with Crippen molar-refractivity contribution in [1.29, 1.82) is 0 Å². The fourth-order valence-corrected chi connectivity index (χ4v) is 4.38. The minimum absolute atomic E-state index is 0.267. The van der Waals surface area contributed by atoms with Gasteiger partial charge in [-0.25, -0.2) is 13.6 Å². The van der Waals surface area contributed by atoms with E-state index in [1.807, 2.05) is 18.2 Å². The largest absolute Gasteiger partial charge is 0.477 e. The van der Waals surface area contributed by atoms with E-state index < -0.39 is 35.0 Å². The Morgan fingerprint density at radius 2 is 1.97 bits per heavy atom. The topological polar surface area (TPSA) is 70.8 Å². The molecule has 1 aromatic carbocycles. The van der Waals surface area contributed by atoms with E-state index in [1.165, 1.54) is 6.07 Å². The number of aryl methyl sites for hydroxylation is 1. The summed E-state index contributed by atoms with van der Waals surface area (Å²) in [6.07, 6.45) is 0.206. The van der Waals surface area contributed by atoms with Crippen LogP contribution in [0.1, 0.15) is 45.0 Å².